The molecule has 0 saturated carbocycles. The lowest BCUT2D eigenvalue weighted by atomic mass is 9.86. The van der Waals surface area contributed by atoms with Crippen LogP contribution in [-0.4, -0.2) is 78.9 Å². The highest BCUT2D eigenvalue weighted by Gasteiger charge is 2.49. The minimum Gasteiger partial charge on any atom is -0.336 e. The van der Waals surface area contributed by atoms with Crippen LogP contribution in [0.25, 0.3) is 0 Å². The first kappa shape index (κ1) is 32.2. The SMILES string of the molecule is C[C@@H]1CN(CC(=O)N2CC(C)(C)c3ccc(Cc4ccc(F)cc4)cc32)[C@@H](CN2CCC(F)(F)C2=O)CN1.Cl.Cl. The fourth-order valence-corrected chi connectivity index (χ4v) is 5.92. The van der Waals surface area contributed by atoms with Gasteiger partial charge in [0.1, 0.15) is 5.82 Å². The van der Waals surface area contributed by atoms with Gasteiger partial charge in [0.15, 0.2) is 0 Å². The molecule has 2 saturated heterocycles. The van der Waals surface area contributed by atoms with Crippen molar-refractivity contribution < 1.29 is 22.8 Å². The molecule has 2 fully saturated rings. The number of likely N-dealkylation sites (tertiary alicyclic amines) is 1. The molecule has 2 aromatic carbocycles. The van der Waals surface area contributed by atoms with Gasteiger partial charge >= 0.3 is 5.92 Å². The molecule has 6 nitrogen and oxygen atoms in total. The second kappa shape index (κ2) is 12.3. The van der Waals surface area contributed by atoms with Crippen LogP contribution < -0.4 is 10.2 Å². The van der Waals surface area contributed by atoms with E-state index in [0.717, 1.165) is 22.4 Å². The van der Waals surface area contributed by atoms with Crippen LogP contribution in [0.3, 0.4) is 0 Å². The van der Waals surface area contributed by atoms with Crippen molar-refractivity contribution in [2.24, 2.45) is 0 Å². The highest BCUT2D eigenvalue weighted by Crippen LogP contribution is 2.41. The molecule has 3 heterocycles. The summed E-state index contributed by atoms with van der Waals surface area (Å²) >= 11 is 0. The highest BCUT2D eigenvalue weighted by molar-refractivity contribution is 5.97. The van der Waals surface area contributed by atoms with Crippen LogP contribution in [0.1, 0.15) is 43.9 Å². The summed E-state index contributed by atoms with van der Waals surface area (Å²) in [5.41, 5.74) is 3.79. The molecule has 0 bridgehead atoms. The lowest BCUT2D eigenvalue weighted by Crippen LogP contribution is -2.61. The molecule has 3 aliphatic rings. The Hall–Kier alpha value is -2.33. The lowest BCUT2D eigenvalue weighted by molar-refractivity contribution is -0.148. The van der Waals surface area contributed by atoms with E-state index in [1.807, 2.05) is 22.8 Å². The molecule has 0 unspecified atom stereocenters. The third-order valence-corrected chi connectivity index (χ3v) is 8.05. The first-order chi connectivity index (χ1) is 17.9. The number of amides is 2. The van der Waals surface area contributed by atoms with Gasteiger partial charge in [-0.25, -0.2) is 4.39 Å². The summed E-state index contributed by atoms with van der Waals surface area (Å²) in [4.78, 5) is 31.0. The molecule has 0 spiro atoms. The van der Waals surface area contributed by atoms with Crippen molar-refractivity contribution in [1.82, 2.24) is 15.1 Å². The molecular formula is C29H37Cl2F3N4O2. The number of hydrogen-bond donors (Lipinski definition) is 1. The van der Waals surface area contributed by atoms with E-state index in [9.17, 15) is 22.8 Å². The summed E-state index contributed by atoms with van der Waals surface area (Å²) in [5.74, 6) is -4.74. The Morgan fingerprint density at radius 1 is 1.07 bits per heavy atom. The fraction of sp³-hybridized carbons (Fsp3) is 0.517. The fourth-order valence-electron chi connectivity index (χ4n) is 5.92. The number of carbonyl (C=O) groups excluding carboxylic acids is 2. The van der Waals surface area contributed by atoms with Crippen LogP contribution in [-0.2, 0) is 21.4 Å². The van der Waals surface area contributed by atoms with Crippen LogP contribution in [0.5, 0.6) is 0 Å². The van der Waals surface area contributed by atoms with Gasteiger partial charge in [0.2, 0.25) is 5.91 Å². The summed E-state index contributed by atoms with van der Waals surface area (Å²) in [6.45, 7) is 8.27. The number of alkyl halides is 2. The van der Waals surface area contributed by atoms with Gasteiger partial charge in [0, 0.05) is 62.3 Å². The second-order valence-electron chi connectivity index (χ2n) is 11.6. The number of nitrogens with zero attached hydrogens (tertiary/aromatic N) is 3. The van der Waals surface area contributed by atoms with Gasteiger partial charge < -0.3 is 15.1 Å². The van der Waals surface area contributed by atoms with Crippen molar-refractivity contribution in [2.75, 3.05) is 44.2 Å². The van der Waals surface area contributed by atoms with Crippen molar-refractivity contribution in [3.8, 4) is 0 Å². The molecule has 2 amide bonds. The maximum Gasteiger partial charge on any atom is 0.326 e. The largest absolute Gasteiger partial charge is 0.336 e. The average molecular weight is 602 g/mol. The molecule has 3 aliphatic heterocycles. The molecule has 0 radical (unpaired) electrons. The van der Waals surface area contributed by atoms with Crippen LogP contribution >= 0.6 is 24.8 Å². The average Bonchev–Trinajstić information content (AvgIpc) is 3.28. The van der Waals surface area contributed by atoms with Crippen molar-refractivity contribution in [2.45, 2.75) is 57.0 Å². The van der Waals surface area contributed by atoms with Gasteiger partial charge in [-0.3, -0.25) is 14.5 Å². The first-order valence-corrected chi connectivity index (χ1v) is 13.3. The Kier molecular flexibility index (Phi) is 9.87. The monoisotopic (exact) mass is 600 g/mol. The number of anilines is 1. The van der Waals surface area contributed by atoms with Crippen molar-refractivity contribution in [3.05, 3.63) is 65.0 Å². The van der Waals surface area contributed by atoms with Gasteiger partial charge in [0.05, 0.1) is 6.54 Å². The zero-order valence-electron chi connectivity index (χ0n) is 23.0. The Balaban J connectivity index is 0.00000220. The van der Waals surface area contributed by atoms with Crippen molar-refractivity contribution in [1.29, 1.82) is 0 Å². The smallest absolute Gasteiger partial charge is 0.326 e. The first-order valence-electron chi connectivity index (χ1n) is 13.3. The highest BCUT2D eigenvalue weighted by atomic mass is 35.5. The number of carbonyl (C=O) groups is 2. The van der Waals surface area contributed by atoms with Crippen LogP contribution in [0.2, 0.25) is 0 Å². The Morgan fingerprint density at radius 2 is 1.75 bits per heavy atom. The van der Waals surface area contributed by atoms with Crippen LogP contribution in [0.4, 0.5) is 18.9 Å². The number of nitrogens with one attached hydrogen (secondary N) is 1. The minimum absolute atomic E-state index is 0. The third kappa shape index (κ3) is 6.59. The van der Waals surface area contributed by atoms with E-state index in [1.165, 1.54) is 17.0 Å². The molecule has 0 aromatic heterocycles. The van der Waals surface area contributed by atoms with Gasteiger partial charge in [0.25, 0.3) is 5.91 Å². The number of halogens is 5. The molecular weight excluding hydrogens is 564 g/mol. The van der Waals surface area contributed by atoms with Crippen molar-refractivity contribution in [3.63, 3.8) is 0 Å². The third-order valence-electron chi connectivity index (χ3n) is 8.05. The standard InChI is InChI=1S/C29H35F3N4O2.2ClH/c1-19-15-35(23(14-33-19)16-34-11-10-29(31,32)27(34)38)17-26(37)36-18-28(2,3)24-9-6-21(13-25(24)36)12-20-4-7-22(30)8-5-20;;/h4-9,13,19,23,33H,10-12,14-18H2,1-3H3;2*1H/t19-,23-;;/m1../s1. The maximum atomic E-state index is 13.8. The van der Waals surface area contributed by atoms with E-state index in [4.69, 9.17) is 0 Å². The molecule has 0 aliphatic carbocycles. The van der Waals surface area contributed by atoms with Crippen LogP contribution in [0.15, 0.2) is 42.5 Å². The second-order valence-corrected chi connectivity index (χ2v) is 11.6. The molecule has 40 heavy (non-hydrogen) atoms. The summed E-state index contributed by atoms with van der Waals surface area (Å²) in [7, 11) is 0. The topological polar surface area (TPSA) is 55.9 Å². The summed E-state index contributed by atoms with van der Waals surface area (Å²) in [6, 6.07) is 12.5. The molecule has 1 N–H and O–H groups in total. The van der Waals surface area contributed by atoms with Crippen LogP contribution in [0, 0.1) is 5.82 Å². The van der Waals surface area contributed by atoms with Gasteiger partial charge in [-0.2, -0.15) is 8.78 Å². The zero-order chi connectivity index (χ0) is 27.2. The summed E-state index contributed by atoms with van der Waals surface area (Å²) in [5, 5.41) is 3.36. The summed E-state index contributed by atoms with van der Waals surface area (Å²) in [6.07, 6.45) is 0.170. The number of piperazine rings is 1. The van der Waals surface area contributed by atoms with E-state index in [-0.39, 0.29) is 73.7 Å². The number of rotatable bonds is 6. The molecule has 2 aromatic rings. The molecule has 2 atom stereocenters. The quantitative estimate of drug-likeness (QED) is 0.533. The molecule has 5 rings (SSSR count). The summed E-state index contributed by atoms with van der Waals surface area (Å²) < 4.78 is 41.0. The Labute approximate surface area is 246 Å². The number of benzene rings is 2. The Morgan fingerprint density at radius 3 is 2.40 bits per heavy atom. The predicted octanol–water partition coefficient (Wildman–Crippen LogP) is 4.41. The van der Waals surface area contributed by atoms with E-state index < -0.39 is 18.3 Å². The predicted molar refractivity (Wildman–Crippen MR) is 154 cm³/mol. The maximum absolute atomic E-state index is 13.8. The Bertz CT molecular complexity index is 1230. The van der Waals surface area contributed by atoms with Gasteiger partial charge in [-0.1, -0.05) is 38.1 Å². The zero-order valence-corrected chi connectivity index (χ0v) is 24.6. The van der Waals surface area contributed by atoms with E-state index in [2.05, 4.69) is 31.3 Å². The van der Waals surface area contributed by atoms with E-state index in [1.54, 1.807) is 12.1 Å². The van der Waals surface area contributed by atoms with E-state index >= 15 is 0 Å². The van der Waals surface area contributed by atoms with Crippen molar-refractivity contribution >= 4 is 42.3 Å². The van der Waals surface area contributed by atoms with Gasteiger partial charge in [-0.05, 0) is 48.2 Å². The minimum atomic E-state index is -3.30. The normalized spacial score (nSPS) is 23.4. The van der Waals surface area contributed by atoms with E-state index in [0.29, 0.717) is 26.1 Å². The number of fused-ring (bicyclic) bond motifs is 1. The molecule has 220 valence electrons. The molecule has 11 heteroatoms. The van der Waals surface area contributed by atoms with Gasteiger partial charge in [-0.15, -0.1) is 24.8 Å². The lowest BCUT2D eigenvalue weighted by Gasteiger charge is -2.41. The number of hydrogen-bond acceptors (Lipinski definition) is 4.